The van der Waals surface area contributed by atoms with Crippen LogP contribution in [0.3, 0.4) is 0 Å². The van der Waals surface area contributed by atoms with Crippen LogP contribution in [-0.4, -0.2) is 37.2 Å². The van der Waals surface area contributed by atoms with Crippen LogP contribution in [0.5, 0.6) is 0 Å². The number of hydrogen-bond donors (Lipinski definition) is 0. The van der Waals surface area contributed by atoms with Crippen LogP contribution in [0, 0.1) is 0 Å². The van der Waals surface area contributed by atoms with E-state index >= 15 is 0 Å². The molecule has 3 aliphatic rings. The lowest BCUT2D eigenvalue weighted by atomic mass is 9.78. The van der Waals surface area contributed by atoms with Crippen molar-refractivity contribution in [1.82, 2.24) is 0 Å². The van der Waals surface area contributed by atoms with Crippen molar-refractivity contribution in [1.29, 1.82) is 0 Å². The van der Waals surface area contributed by atoms with E-state index < -0.39 is 9.84 Å². The Morgan fingerprint density at radius 3 is 2.19 bits per heavy atom. The number of hydrogen-bond acceptors (Lipinski definition) is 4. The SMILES string of the molecule is CC1(C)OB(c2ccc(C3=CC4CCCC(C3)S4(=O)=O)cc2)OC1(C)C. The number of sulfone groups is 1. The molecular formula is C20H27BO4S. The molecule has 3 aliphatic heterocycles. The zero-order valence-electron chi connectivity index (χ0n) is 16.0. The van der Waals surface area contributed by atoms with Gasteiger partial charge in [0.1, 0.15) is 0 Å². The summed E-state index contributed by atoms with van der Waals surface area (Å²) < 4.78 is 37.1. The number of benzene rings is 1. The summed E-state index contributed by atoms with van der Waals surface area (Å²) in [6.45, 7) is 8.20. The summed E-state index contributed by atoms with van der Waals surface area (Å²) in [7, 11) is -3.34. The molecule has 2 saturated heterocycles. The van der Waals surface area contributed by atoms with Crippen LogP contribution in [0.2, 0.25) is 0 Å². The van der Waals surface area contributed by atoms with E-state index in [-0.39, 0.29) is 28.8 Å². The van der Waals surface area contributed by atoms with Gasteiger partial charge in [0.05, 0.1) is 21.7 Å². The molecule has 1 aromatic rings. The molecule has 0 amide bonds. The second-order valence-electron chi connectivity index (χ2n) is 8.79. The van der Waals surface area contributed by atoms with Crippen molar-refractivity contribution in [2.75, 3.05) is 0 Å². The predicted molar refractivity (Wildman–Crippen MR) is 105 cm³/mol. The average molecular weight is 374 g/mol. The second-order valence-corrected chi connectivity index (χ2v) is 11.2. The van der Waals surface area contributed by atoms with Crippen molar-refractivity contribution in [3.63, 3.8) is 0 Å². The Labute approximate surface area is 157 Å². The lowest BCUT2D eigenvalue weighted by Crippen LogP contribution is -2.41. The summed E-state index contributed by atoms with van der Waals surface area (Å²) in [5.74, 6) is 0. The van der Waals surface area contributed by atoms with E-state index in [9.17, 15) is 8.42 Å². The van der Waals surface area contributed by atoms with Crippen molar-refractivity contribution in [2.24, 2.45) is 0 Å². The van der Waals surface area contributed by atoms with Crippen LogP contribution in [0.25, 0.3) is 5.57 Å². The molecule has 4 nitrogen and oxygen atoms in total. The normalized spacial score (nSPS) is 31.5. The molecule has 26 heavy (non-hydrogen) atoms. The predicted octanol–water partition coefficient (Wildman–Crippen LogP) is 3.11. The van der Waals surface area contributed by atoms with E-state index in [2.05, 4.69) is 12.1 Å². The smallest absolute Gasteiger partial charge is 0.399 e. The summed E-state index contributed by atoms with van der Waals surface area (Å²) >= 11 is 0. The molecule has 2 unspecified atom stereocenters. The van der Waals surface area contributed by atoms with Gasteiger partial charge in [-0.2, -0.15) is 0 Å². The molecular weight excluding hydrogens is 347 g/mol. The largest absolute Gasteiger partial charge is 0.494 e. The molecule has 1 aromatic carbocycles. The molecule has 3 heterocycles. The first kappa shape index (κ1) is 18.3. The van der Waals surface area contributed by atoms with Gasteiger partial charge < -0.3 is 9.31 Å². The van der Waals surface area contributed by atoms with Gasteiger partial charge in [-0.25, -0.2) is 8.42 Å². The van der Waals surface area contributed by atoms with Crippen LogP contribution in [0.1, 0.15) is 58.9 Å². The van der Waals surface area contributed by atoms with E-state index in [0.29, 0.717) is 6.42 Å². The Kier molecular flexibility index (Phi) is 4.18. The number of allylic oxidation sites excluding steroid dienone is 1. The molecule has 2 atom stereocenters. The topological polar surface area (TPSA) is 52.6 Å². The zero-order valence-corrected chi connectivity index (χ0v) is 16.8. The highest BCUT2D eigenvalue weighted by Gasteiger charge is 2.51. The fourth-order valence-electron chi connectivity index (χ4n) is 4.10. The minimum absolute atomic E-state index is 0.205. The highest BCUT2D eigenvalue weighted by atomic mass is 32.2. The molecule has 6 heteroatoms. The van der Waals surface area contributed by atoms with Crippen molar-refractivity contribution in [3.05, 3.63) is 35.9 Å². The zero-order chi connectivity index (χ0) is 18.7. The van der Waals surface area contributed by atoms with E-state index in [4.69, 9.17) is 9.31 Å². The molecule has 2 bridgehead atoms. The third kappa shape index (κ3) is 2.86. The fraction of sp³-hybridized carbons (Fsp3) is 0.600. The lowest BCUT2D eigenvalue weighted by Gasteiger charge is -2.33. The monoisotopic (exact) mass is 374 g/mol. The third-order valence-electron chi connectivity index (χ3n) is 6.54. The molecule has 0 spiro atoms. The molecule has 140 valence electrons. The molecule has 0 saturated carbocycles. The van der Waals surface area contributed by atoms with Gasteiger partial charge in [-0.3, -0.25) is 0 Å². The first-order chi connectivity index (χ1) is 12.1. The van der Waals surface area contributed by atoms with E-state index in [1.165, 1.54) is 0 Å². The van der Waals surface area contributed by atoms with Crippen LogP contribution in [0.4, 0.5) is 0 Å². The van der Waals surface area contributed by atoms with Crippen molar-refractivity contribution < 1.29 is 17.7 Å². The van der Waals surface area contributed by atoms with Crippen molar-refractivity contribution in [2.45, 2.75) is 75.1 Å². The first-order valence-electron chi connectivity index (χ1n) is 9.49. The number of fused-ring (bicyclic) bond motifs is 2. The Morgan fingerprint density at radius 1 is 1.00 bits per heavy atom. The Balaban J connectivity index is 1.57. The summed E-state index contributed by atoms with van der Waals surface area (Å²) in [4.78, 5) is 0. The van der Waals surface area contributed by atoms with Gasteiger partial charge in [0.15, 0.2) is 9.84 Å². The Hall–Kier alpha value is -1.11. The molecule has 0 radical (unpaired) electrons. The van der Waals surface area contributed by atoms with Gasteiger partial charge in [0.2, 0.25) is 0 Å². The quantitative estimate of drug-likeness (QED) is 0.747. The maximum absolute atomic E-state index is 12.4. The highest BCUT2D eigenvalue weighted by molar-refractivity contribution is 7.93. The van der Waals surface area contributed by atoms with Crippen molar-refractivity contribution >= 4 is 28.0 Å². The third-order valence-corrected chi connectivity index (χ3v) is 9.09. The van der Waals surface area contributed by atoms with Crippen LogP contribution in [-0.2, 0) is 19.1 Å². The highest BCUT2D eigenvalue weighted by Crippen LogP contribution is 2.39. The minimum atomic E-state index is -2.97. The first-order valence-corrected chi connectivity index (χ1v) is 11.1. The van der Waals surface area contributed by atoms with Gasteiger partial charge in [-0.15, -0.1) is 0 Å². The van der Waals surface area contributed by atoms with Gasteiger partial charge in [0.25, 0.3) is 0 Å². The minimum Gasteiger partial charge on any atom is -0.399 e. The summed E-state index contributed by atoms with van der Waals surface area (Å²) in [5, 5.41) is -0.503. The standard InChI is InChI=1S/C20H27BO4S/c1-19(2)20(3,4)25-21(24-19)16-10-8-14(9-11-16)15-12-17-6-5-7-18(13-15)26(17,22)23/h8-12,17-18H,5-7,13H2,1-4H3. The van der Waals surface area contributed by atoms with Crippen LogP contribution in [0.15, 0.2) is 30.3 Å². The van der Waals surface area contributed by atoms with E-state index in [1.54, 1.807) is 0 Å². The fourth-order valence-corrected chi connectivity index (χ4v) is 6.35. The summed E-state index contributed by atoms with van der Waals surface area (Å²) in [6, 6.07) is 8.22. The molecule has 0 aromatic heterocycles. The van der Waals surface area contributed by atoms with Gasteiger partial charge in [-0.1, -0.05) is 36.8 Å². The maximum atomic E-state index is 12.4. The molecule has 2 fully saturated rings. The molecule has 4 rings (SSSR count). The summed E-state index contributed by atoms with van der Waals surface area (Å²) in [5.41, 5.74) is 2.56. The average Bonchev–Trinajstić information content (AvgIpc) is 2.74. The number of rotatable bonds is 2. The van der Waals surface area contributed by atoms with Gasteiger partial charge >= 0.3 is 7.12 Å². The maximum Gasteiger partial charge on any atom is 0.494 e. The van der Waals surface area contributed by atoms with Crippen LogP contribution < -0.4 is 5.46 Å². The van der Waals surface area contributed by atoms with Gasteiger partial charge in [0, 0.05) is 0 Å². The van der Waals surface area contributed by atoms with E-state index in [1.807, 2.05) is 45.9 Å². The summed E-state index contributed by atoms with van der Waals surface area (Å²) in [6.07, 6.45) is 5.18. The molecule has 0 aliphatic carbocycles. The van der Waals surface area contributed by atoms with Gasteiger partial charge in [-0.05, 0) is 63.6 Å². The van der Waals surface area contributed by atoms with E-state index in [0.717, 1.165) is 35.9 Å². The Morgan fingerprint density at radius 2 is 1.62 bits per heavy atom. The second kappa shape index (κ2) is 5.95. The Bertz CT molecular complexity index is 823. The van der Waals surface area contributed by atoms with Crippen molar-refractivity contribution in [3.8, 4) is 0 Å². The lowest BCUT2D eigenvalue weighted by molar-refractivity contribution is 0.00578. The molecule has 0 N–H and O–H groups in total. The van der Waals surface area contributed by atoms with Crippen LogP contribution >= 0.6 is 0 Å².